The normalized spacial score (nSPS) is 21.9. The lowest BCUT2D eigenvalue weighted by atomic mass is 10.1. The van der Waals surface area contributed by atoms with Crippen molar-refractivity contribution in [1.82, 2.24) is 10.2 Å². The van der Waals surface area contributed by atoms with E-state index in [0.29, 0.717) is 6.54 Å². The van der Waals surface area contributed by atoms with Crippen LogP contribution >= 0.6 is 0 Å². The van der Waals surface area contributed by atoms with Crippen LogP contribution in [0.2, 0.25) is 0 Å². The number of likely N-dealkylation sites (tertiary alicyclic amines) is 1. The number of rotatable bonds is 2. The fourth-order valence-electron chi connectivity index (χ4n) is 1.55. The minimum absolute atomic E-state index is 0.0460. The number of carbonyl (C=O) groups excluding carboxylic acids is 2. The van der Waals surface area contributed by atoms with Gasteiger partial charge in [-0.15, -0.1) is 0 Å². The highest BCUT2D eigenvalue weighted by atomic mass is 16.2. The molecule has 0 aliphatic carbocycles. The maximum absolute atomic E-state index is 11.5. The highest BCUT2D eigenvalue weighted by molar-refractivity contribution is 5.83. The van der Waals surface area contributed by atoms with Gasteiger partial charge in [0.05, 0.1) is 6.54 Å². The monoisotopic (exact) mass is 199 g/mol. The number of nitrogens with zero attached hydrogens (tertiary/aromatic N) is 1. The number of piperidine rings is 1. The Morgan fingerprint density at radius 1 is 1.57 bits per heavy atom. The third kappa shape index (κ3) is 3.33. The Hall–Kier alpha value is -1.10. The summed E-state index contributed by atoms with van der Waals surface area (Å²) in [7, 11) is 0. The van der Waals surface area contributed by atoms with Gasteiger partial charge in [0, 0.05) is 26.1 Å². The Labute approximate surface area is 83.6 Å². The zero-order valence-electron chi connectivity index (χ0n) is 8.45. The highest BCUT2D eigenvalue weighted by Gasteiger charge is 2.20. The summed E-state index contributed by atoms with van der Waals surface area (Å²) in [4.78, 5) is 23.8. The zero-order chi connectivity index (χ0) is 10.6. The molecule has 5 heteroatoms. The van der Waals surface area contributed by atoms with E-state index in [9.17, 15) is 9.59 Å². The predicted molar refractivity (Wildman–Crippen MR) is 52.5 cm³/mol. The molecule has 1 fully saturated rings. The third-order valence-corrected chi connectivity index (χ3v) is 2.30. The Morgan fingerprint density at radius 2 is 2.29 bits per heavy atom. The van der Waals surface area contributed by atoms with Gasteiger partial charge < -0.3 is 16.0 Å². The molecule has 0 aromatic carbocycles. The summed E-state index contributed by atoms with van der Waals surface area (Å²) in [6, 6.07) is 0.0880. The SMILES string of the molecule is CC(=O)NCC(=O)N1CCC[C@H](N)C1. The number of hydrogen-bond acceptors (Lipinski definition) is 3. The number of nitrogens with two attached hydrogens (primary N) is 1. The van der Waals surface area contributed by atoms with Crippen molar-refractivity contribution in [2.24, 2.45) is 5.73 Å². The van der Waals surface area contributed by atoms with Gasteiger partial charge in [-0.05, 0) is 12.8 Å². The van der Waals surface area contributed by atoms with Crippen LogP contribution in [0, 0.1) is 0 Å². The molecule has 3 N–H and O–H groups in total. The number of hydrogen-bond donors (Lipinski definition) is 2. The molecule has 1 heterocycles. The minimum Gasteiger partial charge on any atom is -0.347 e. The van der Waals surface area contributed by atoms with Crippen LogP contribution in [-0.4, -0.2) is 42.4 Å². The lowest BCUT2D eigenvalue weighted by Gasteiger charge is -2.30. The Morgan fingerprint density at radius 3 is 2.86 bits per heavy atom. The molecule has 1 aliphatic heterocycles. The first kappa shape index (κ1) is 11.0. The van der Waals surface area contributed by atoms with Crippen LogP contribution in [-0.2, 0) is 9.59 Å². The van der Waals surface area contributed by atoms with Gasteiger partial charge >= 0.3 is 0 Å². The van der Waals surface area contributed by atoms with Gasteiger partial charge in [-0.1, -0.05) is 0 Å². The average Bonchev–Trinajstić information content (AvgIpc) is 2.14. The zero-order valence-corrected chi connectivity index (χ0v) is 8.45. The predicted octanol–water partition coefficient (Wildman–Crippen LogP) is -0.928. The summed E-state index contributed by atoms with van der Waals surface area (Å²) in [5.74, 6) is -0.227. The Kier molecular flexibility index (Phi) is 3.88. The second-order valence-corrected chi connectivity index (χ2v) is 3.65. The van der Waals surface area contributed by atoms with Gasteiger partial charge in [-0.3, -0.25) is 9.59 Å². The molecular formula is C9H17N3O2. The van der Waals surface area contributed by atoms with Gasteiger partial charge in [-0.25, -0.2) is 0 Å². The topological polar surface area (TPSA) is 75.4 Å². The van der Waals surface area contributed by atoms with Crippen molar-refractivity contribution in [1.29, 1.82) is 0 Å². The van der Waals surface area contributed by atoms with Gasteiger partial charge in [0.15, 0.2) is 0 Å². The Balaban J connectivity index is 2.32. The molecule has 14 heavy (non-hydrogen) atoms. The average molecular weight is 199 g/mol. The van der Waals surface area contributed by atoms with Crippen LogP contribution in [0.1, 0.15) is 19.8 Å². The van der Waals surface area contributed by atoms with Crippen molar-refractivity contribution in [2.75, 3.05) is 19.6 Å². The van der Waals surface area contributed by atoms with Crippen LogP contribution in [0.4, 0.5) is 0 Å². The van der Waals surface area contributed by atoms with Crippen molar-refractivity contribution < 1.29 is 9.59 Å². The molecule has 0 aromatic rings. The van der Waals surface area contributed by atoms with Crippen LogP contribution in [0.15, 0.2) is 0 Å². The van der Waals surface area contributed by atoms with Crippen molar-refractivity contribution >= 4 is 11.8 Å². The summed E-state index contributed by atoms with van der Waals surface area (Å²) in [5, 5.41) is 2.49. The van der Waals surface area contributed by atoms with E-state index in [2.05, 4.69) is 5.32 Å². The first-order chi connectivity index (χ1) is 6.59. The van der Waals surface area contributed by atoms with Gasteiger partial charge in [0.25, 0.3) is 0 Å². The van der Waals surface area contributed by atoms with E-state index in [1.165, 1.54) is 6.92 Å². The van der Waals surface area contributed by atoms with Crippen molar-refractivity contribution in [3.05, 3.63) is 0 Å². The molecule has 0 unspecified atom stereocenters. The van der Waals surface area contributed by atoms with E-state index >= 15 is 0 Å². The largest absolute Gasteiger partial charge is 0.347 e. The number of amides is 2. The first-order valence-electron chi connectivity index (χ1n) is 4.87. The minimum atomic E-state index is -0.181. The summed E-state index contributed by atoms with van der Waals surface area (Å²) in [6.07, 6.45) is 1.93. The fourth-order valence-corrected chi connectivity index (χ4v) is 1.55. The van der Waals surface area contributed by atoms with Crippen LogP contribution in [0.25, 0.3) is 0 Å². The number of nitrogens with one attached hydrogen (secondary N) is 1. The third-order valence-electron chi connectivity index (χ3n) is 2.30. The molecule has 0 spiro atoms. The van der Waals surface area contributed by atoms with E-state index in [0.717, 1.165) is 19.4 Å². The van der Waals surface area contributed by atoms with Gasteiger partial charge in [0.1, 0.15) is 0 Å². The molecule has 80 valence electrons. The van der Waals surface area contributed by atoms with Crippen molar-refractivity contribution in [2.45, 2.75) is 25.8 Å². The molecule has 5 nitrogen and oxygen atoms in total. The fraction of sp³-hybridized carbons (Fsp3) is 0.778. The molecule has 1 atom stereocenters. The van der Waals surface area contributed by atoms with Crippen molar-refractivity contribution in [3.63, 3.8) is 0 Å². The summed E-state index contributed by atoms with van der Waals surface area (Å²) in [5.41, 5.74) is 5.74. The molecule has 0 bridgehead atoms. The van der Waals surface area contributed by atoms with Gasteiger partial charge in [-0.2, -0.15) is 0 Å². The van der Waals surface area contributed by atoms with Crippen LogP contribution in [0.3, 0.4) is 0 Å². The lowest BCUT2D eigenvalue weighted by molar-refractivity contribution is -0.133. The van der Waals surface area contributed by atoms with E-state index in [1.807, 2.05) is 0 Å². The molecule has 1 saturated heterocycles. The lowest BCUT2D eigenvalue weighted by Crippen LogP contribution is -2.48. The molecule has 0 aromatic heterocycles. The van der Waals surface area contributed by atoms with E-state index in [1.54, 1.807) is 4.90 Å². The smallest absolute Gasteiger partial charge is 0.242 e. The molecule has 1 rings (SSSR count). The van der Waals surface area contributed by atoms with E-state index in [4.69, 9.17) is 5.73 Å². The van der Waals surface area contributed by atoms with Gasteiger partial charge in [0.2, 0.25) is 11.8 Å². The maximum atomic E-state index is 11.5. The van der Waals surface area contributed by atoms with E-state index < -0.39 is 0 Å². The standard InChI is InChI=1S/C9H17N3O2/c1-7(13)11-5-9(14)12-4-2-3-8(10)6-12/h8H,2-6,10H2,1H3,(H,11,13)/t8-/m0/s1. The Bertz CT molecular complexity index is 230. The molecule has 1 aliphatic rings. The summed E-state index contributed by atoms with van der Waals surface area (Å²) in [6.45, 7) is 2.85. The first-order valence-corrected chi connectivity index (χ1v) is 4.87. The quantitative estimate of drug-likeness (QED) is 0.603. The van der Waals surface area contributed by atoms with Crippen LogP contribution < -0.4 is 11.1 Å². The second kappa shape index (κ2) is 4.95. The van der Waals surface area contributed by atoms with Crippen LogP contribution in [0.5, 0.6) is 0 Å². The maximum Gasteiger partial charge on any atom is 0.242 e. The highest BCUT2D eigenvalue weighted by Crippen LogP contribution is 2.07. The van der Waals surface area contributed by atoms with E-state index in [-0.39, 0.29) is 24.4 Å². The summed E-state index contributed by atoms with van der Waals surface area (Å²) < 4.78 is 0. The molecule has 0 saturated carbocycles. The summed E-state index contributed by atoms with van der Waals surface area (Å²) >= 11 is 0. The second-order valence-electron chi connectivity index (χ2n) is 3.65. The molecular weight excluding hydrogens is 182 g/mol. The molecule has 2 amide bonds. The number of carbonyl (C=O) groups is 2. The van der Waals surface area contributed by atoms with Crippen molar-refractivity contribution in [3.8, 4) is 0 Å². The molecule has 0 radical (unpaired) electrons.